The fraction of sp³-hybridized carbons (Fsp3) is 0.600. The maximum Gasteiger partial charge on any atom is 0.256 e. The molecule has 1 unspecified atom stereocenters. The molecule has 0 spiro atoms. The van der Waals surface area contributed by atoms with Crippen molar-refractivity contribution in [1.82, 2.24) is 0 Å². The Bertz CT molecular complexity index is 249. The van der Waals surface area contributed by atoms with Crippen LogP contribution >= 0.6 is 0 Å². The molecule has 88 valence electrons. The molecule has 0 saturated heterocycles. The molecule has 0 heterocycles. The van der Waals surface area contributed by atoms with Crippen LogP contribution in [-0.2, 0) is 14.2 Å². The fourth-order valence-corrected chi connectivity index (χ4v) is 0.885. The van der Waals surface area contributed by atoms with Crippen molar-refractivity contribution in [2.45, 2.75) is 19.7 Å². The number of hydrogen-bond donors (Lipinski definition) is 0. The highest BCUT2D eigenvalue weighted by Crippen LogP contribution is 2.17. The van der Waals surface area contributed by atoms with Crippen LogP contribution < -0.4 is 0 Å². The van der Waals surface area contributed by atoms with Gasteiger partial charge in [0.2, 0.25) is 0 Å². The molecular weight excluding hydrogens is 206 g/mol. The Labute approximate surface area is 88.3 Å². The SMILES string of the molecule is CC/C(F)=C(\C=C(\OC)C(F)OC)OC. The molecule has 0 fully saturated rings. The second-order valence-electron chi connectivity index (χ2n) is 2.63. The molecule has 0 aromatic carbocycles. The van der Waals surface area contributed by atoms with Crippen LogP contribution in [0.1, 0.15) is 13.3 Å². The molecular formula is C10H16F2O3. The zero-order valence-corrected chi connectivity index (χ0v) is 9.34. The summed E-state index contributed by atoms with van der Waals surface area (Å²) in [5.41, 5.74) is 0. The average molecular weight is 222 g/mol. The van der Waals surface area contributed by atoms with Gasteiger partial charge in [-0.05, 0) is 0 Å². The normalized spacial score (nSPS) is 15.7. The minimum absolute atomic E-state index is 0.0611. The lowest BCUT2D eigenvalue weighted by molar-refractivity contribution is -0.0133. The number of rotatable bonds is 6. The lowest BCUT2D eigenvalue weighted by atomic mass is 10.3. The van der Waals surface area contributed by atoms with Gasteiger partial charge in [-0.25, -0.2) is 8.78 Å². The van der Waals surface area contributed by atoms with Gasteiger partial charge in [-0.2, -0.15) is 0 Å². The predicted octanol–water partition coefficient (Wildman–Crippen LogP) is 2.70. The highest BCUT2D eigenvalue weighted by Gasteiger charge is 2.14. The number of alkyl halides is 1. The lowest BCUT2D eigenvalue weighted by Crippen LogP contribution is -2.09. The van der Waals surface area contributed by atoms with E-state index in [2.05, 4.69) is 4.74 Å². The van der Waals surface area contributed by atoms with Crippen molar-refractivity contribution in [1.29, 1.82) is 0 Å². The van der Waals surface area contributed by atoms with Gasteiger partial charge in [0.1, 0.15) is 5.83 Å². The van der Waals surface area contributed by atoms with Crippen LogP contribution in [0.25, 0.3) is 0 Å². The molecule has 0 aliphatic carbocycles. The summed E-state index contributed by atoms with van der Waals surface area (Å²) in [4.78, 5) is 0. The van der Waals surface area contributed by atoms with Crippen molar-refractivity contribution in [3.8, 4) is 0 Å². The second kappa shape index (κ2) is 7.23. The molecule has 5 heteroatoms. The predicted molar refractivity (Wildman–Crippen MR) is 52.4 cm³/mol. The standard InChI is InChI=1S/C10H16F2O3/c1-5-7(11)8(13-2)6-9(14-3)10(12)15-4/h6,10H,5H2,1-4H3/b8-7-,9-6+. The Kier molecular flexibility index (Phi) is 6.70. The van der Waals surface area contributed by atoms with E-state index in [1.807, 2.05) is 0 Å². The van der Waals surface area contributed by atoms with Gasteiger partial charge < -0.3 is 14.2 Å². The summed E-state index contributed by atoms with van der Waals surface area (Å²) in [7, 11) is 3.76. The Hall–Kier alpha value is -1.10. The van der Waals surface area contributed by atoms with Gasteiger partial charge in [-0.15, -0.1) is 0 Å². The van der Waals surface area contributed by atoms with Crippen LogP contribution in [-0.4, -0.2) is 27.7 Å². The van der Waals surface area contributed by atoms with Crippen LogP contribution in [0.3, 0.4) is 0 Å². The molecule has 0 rings (SSSR count). The maximum absolute atomic E-state index is 13.2. The monoisotopic (exact) mass is 222 g/mol. The van der Waals surface area contributed by atoms with Gasteiger partial charge in [0.05, 0.1) is 14.2 Å². The summed E-state index contributed by atoms with van der Waals surface area (Å²) in [5, 5.41) is 0. The number of halogens is 2. The molecule has 0 bridgehead atoms. The van der Waals surface area contributed by atoms with Gasteiger partial charge in [0.25, 0.3) is 6.36 Å². The van der Waals surface area contributed by atoms with Crippen LogP contribution in [0.2, 0.25) is 0 Å². The molecule has 0 aliphatic heterocycles. The Morgan fingerprint density at radius 2 is 1.87 bits per heavy atom. The van der Waals surface area contributed by atoms with E-state index in [4.69, 9.17) is 9.47 Å². The highest BCUT2D eigenvalue weighted by atomic mass is 19.1. The smallest absolute Gasteiger partial charge is 0.256 e. The number of hydrogen-bond acceptors (Lipinski definition) is 3. The first-order valence-corrected chi connectivity index (χ1v) is 4.45. The Morgan fingerprint density at radius 3 is 2.20 bits per heavy atom. The first kappa shape index (κ1) is 13.9. The first-order chi connectivity index (χ1) is 7.10. The minimum Gasteiger partial charge on any atom is -0.495 e. The molecule has 0 aromatic heterocycles. The molecule has 0 saturated carbocycles. The van der Waals surface area contributed by atoms with Crippen molar-refractivity contribution in [3.63, 3.8) is 0 Å². The fourth-order valence-electron chi connectivity index (χ4n) is 0.885. The topological polar surface area (TPSA) is 27.7 Å². The third kappa shape index (κ3) is 4.29. The van der Waals surface area contributed by atoms with Crippen molar-refractivity contribution < 1.29 is 23.0 Å². The number of ether oxygens (including phenoxy) is 3. The molecule has 0 aromatic rings. The molecule has 0 aliphatic rings. The molecule has 0 N–H and O–H groups in total. The minimum atomic E-state index is -1.73. The summed E-state index contributed by atoms with van der Waals surface area (Å²) in [6.07, 6.45) is -0.432. The van der Waals surface area contributed by atoms with E-state index in [1.165, 1.54) is 21.3 Å². The van der Waals surface area contributed by atoms with E-state index in [9.17, 15) is 8.78 Å². The number of methoxy groups -OCH3 is 3. The van der Waals surface area contributed by atoms with Gasteiger partial charge in [0.15, 0.2) is 11.5 Å². The third-order valence-electron chi connectivity index (χ3n) is 1.74. The zero-order chi connectivity index (χ0) is 11.8. The van der Waals surface area contributed by atoms with Crippen LogP contribution in [0.15, 0.2) is 23.4 Å². The van der Waals surface area contributed by atoms with E-state index >= 15 is 0 Å². The average Bonchev–Trinajstić information content (AvgIpc) is 2.28. The highest BCUT2D eigenvalue weighted by molar-refractivity contribution is 5.19. The summed E-state index contributed by atoms with van der Waals surface area (Å²) in [6.45, 7) is 1.62. The van der Waals surface area contributed by atoms with Crippen LogP contribution in [0.5, 0.6) is 0 Å². The Morgan fingerprint density at radius 1 is 1.27 bits per heavy atom. The van der Waals surface area contributed by atoms with E-state index < -0.39 is 12.2 Å². The van der Waals surface area contributed by atoms with Crippen molar-refractivity contribution in [2.24, 2.45) is 0 Å². The quantitative estimate of drug-likeness (QED) is 0.511. The molecule has 3 nitrogen and oxygen atoms in total. The Balaban J connectivity index is 4.94. The van der Waals surface area contributed by atoms with Gasteiger partial charge in [-0.3, -0.25) is 0 Å². The lowest BCUT2D eigenvalue weighted by Gasteiger charge is -2.11. The first-order valence-electron chi connectivity index (χ1n) is 4.45. The van der Waals surface area contributed by atoms with E-state index in [0.717, 1.165) is 6.08 Å². The number of allylic oxidation sites excluding steroid dienone is 2. The van der Waals surface area contributed by atoms with Crippen molar-refractivity contribution in [3.05, 3.63) is 23.4 Å². The largest absolute Gasteiger partial charge is 0.495 e. The summed E-state index contributed by atoms with van der Waals surface area (Å²) in [5.74, 6) is -0.678. The van der Waals surface area contributed by atoms with Crippen LogP contribution in [0, 0.1) is 0 Å². The summed E-state index contributed by atoms with van der Waals surface area (Å²) < 4.78 is 40.1. The van der Waals surface area contributed by atoms with Gasteiger partial charge in [0, 0.05) is 19.6 Å². The maximum atomic E-state index is 13.2. The van der Waals surface area contributed by atoms with Crippen molar-refractivity contribution >= 4 is 0 Å². The molecule has 15 heavy (non-hydrogen) atoms. The molecule has 1 atom stereocenters. The van der Waals surface area contributed by atoms with Gasteiger partial charge >= 0.3 is 0 Å². The van der Waals surface area contributed by atoms with E-state index in [-0.39, 0.29) is 17.9 Å². The van der Waals surface area contributed by atoms with Crippen LogP contribution in [0.4, 0.5) is 8.78 Å². The van der Waals surface area contributed by atoms with Gasteiger partial charge in [-0.1, -0.05) is 6.92 Å². The molecule has 0 amide bonds. The summed E-state index contributed by atoms with van der Waals surface area (Å²) >= 11 is 0. The van der Waals surface area contributed by atoms with E-state index in [0.29, 0.717) is 0 Å². The zero-order valence-electron chi connectivity index (χ0n) is 9.34. The second-order valence-corrected chi connectivity index (χ2v) is 2.63. The van der Waals surface area contributed by atoms with Crippen molar-refractivity contribution in [2.75, 3.05) is 21.3 Å². The summed E-state index contributed by atoms with van der Waals surface area (Å²) in [6, 6.07) is 0. The third-order valence-corrected chi connectivity index (χ3v) is 1.74. The van der Waals surface area contributed by atoms with E-state index in [1.54, 1.807) is 6.92 Å². The molecule has 0 radical (unpaired) electrons.